The van der Waals surface area contributed by atoms with Crippen LogP contribution in [0.25, 0.3) is 0 Å². The summed E-state index contributed by atoms with van der Waals surface area (Å²) in [6.45, 7) is 1.11. The molecule has 0 bridgehead atoms. The second-order valence-corrected chi connectivity index (χ2v) is 7.01. The molecule has 22 heavy (non-hydrogen) atoms. The summed E-state index contributed by atoms with van der Waals surface area (Å²) in [5.41, 5.74) is 0. The van der Waals surface area contributed by atoms with Crippen molar-refractivity contribution in [2.45, 2.75) is 11.8 Å². The van der Waals surface area contributed by atoms with Crippen molar-refractivity contribution in [3.05, 3.63) is 24.5 Å². The van der Waals surface area contributed by atoms with Crippen LogP contribution in [0.5, 0.6) is 0 Å². The topological polar surface area (TPSA) is 108 Å². The lowest BCUT2D eigenvalue weighted by Gasteiger charge is -2.23. The molecule has 1 unspecified atom stereocenters. The van der Waals surface area contributed by atoms with Gasteiger partial charge in [0.2, 0.25) is 15.9 Å². The van der Waals surface area contributed by atoms with E-state index in [0.717, 1.165) is 4.31 Å². The van der Waals surface area contributed by atoms with Gasteiger partial charge in [0.05, 0.1) is 12.5 Å². The molecule has 1 aromatic rings. The maximum Gasteiger partial charge on any atom is 0.308 e. The molecule has 122 valence electrons. The maximum atomic E-state index is 12.2. The minimum Gasteiger partial charge on any atom is -0.481 e. The number of likely N-dealkylation sites (N-methyl/N-ethyl adjacent to an activating group) is 2. The van der Waals surface area contributed by atoms with Gasteiger partial charge in [-0.25, -0.2) is 8.42 Å². The Labute approximate surface area is 129 Å². The largest absolute Gasteiger partial charge is 0.481 e. The van der Waals surface area contributed by atoms with Gasteiger partial charge in [-0.3, -0.25) is 14.6 Å². The van der Waals surface area contributed by atoms with Crippen molar-refractivity contribution in [1.29, 1.82) is 0 Å². The Morgan fingerprint density at radius 2 is 2.00 bits per heavy atom. The number of sulfonamides is 1. The van der Waals surface area contributed by atoms with Crippen LogP contribution in [0.3, 0.4) is 0 Å². The lowest BCUT2D eigenvalue weighted by Crippen LogP contribution is -2.41. The van der Waals surface area contributed by atoms with Gasteiger partial charge in [0.1, 0.15) is 4.90 Å². The molecule has 1 heterocycles. The van der Waals surface area contributed by atoms with Gasteiger partial charge in [-0.15, -0.1) is 0 Å². The number of amides is 1. The van der Waals surface area contributed by atoms with Gasteiger partial charge >= 0.3 is 5.97 Å². The van der Waals surface area contributed by atoms with Crippen LogP contribution in [0.2, 0.25) is 0 Å². The van der Waals surface area contributed by atoms with E-state index >= 15 is 0 Å². The highest BCUT2D eigenvalue weighted by atomic mass is 32.2. The number of carbonyl (C=O) groups is 2. The third kappa shape index (κ3) is 4.50. The third-order valence-corrected chi connectivity index (χ3v) is 4.88. The average molecular weight is 329 g/mol. The Morgan fingerprint density at radius 1 is 1.36 bits per heavy atom. The zero-order valence-electron chi connectivity index (χ0n) is 12.6. The van der Waals surface area contributed by atoms with Crippen molar-refractivity contribution < 1.29 is 23.1 Å². The molecule has 1 N–H and O–H groups in total. The molecule has 0 radical (unpaired) electrons. The minimum atomic E-state index is -3.81. The Bertz CT molecular complexity index is 632. The maximum absolute atomic E-state index is 12.2. The Balaban J connectivity index is 2.74. The molecular weight excluding hydrogens is 310 g/mol. The normalized spacial score (nSPS) is 12.9. The molecule has 1 atom stereocenters. The number of rotatable bonds is 7. The fraction of sp³-hybridized carbons (Fsp3) is 0.462. The van der Waals surface area contributed by atoms with Gasteiger partial charge in [-0.2, -0.15) is 4.31 Å². The molecule has 1 amide bonds. The molecule has 9 heteroatoms. The molecule has 0 aliphatic carbocycles. The van der Waals surface area contributed by atoms with Crippen LogP contribution in [0.1, 0.15) is 6.92 Å². The summed E-state index contributed by atoms with van der Waals surface area (Å²) in [7, 11) is -1.08. The van der Waals surface area contributed by atoms with E-state index in [0.29, 0.717) is 0 Å². The zero-order valence-corrected chi connectivity index (χ0v) is 13.4. The van der Waals surface area contributed by atoms with Crippen molar-refractivity contribution in [2.75, 3.05) is 27.2 Å². The second-order valence-electron chi connectivity index (χ2n) is 4.96. The van der Waals surface area contributed by atoms with Gasteiger partial charge < -0.3 is 10.0 Å². The van der Waals surface area contributed by atoms with Crippen LogP contribution in [-0.2, 0) is 19.6 Å². The smallest absolute Gasteiger partial charge is 0.308 e. The number of nitrogens with zero attached hydrogens (tertiary/aromatic N) is 3. The number of hydrogen-bond acceptors (Lipinski definition) is 5. The molecule has 0 aromatic carbocycles. The third-order valence-electron chi connectivity index (χ3n) is 3.10. The summed E-state index contributed by atoms with van der Waals surface area (Å²) < 4.78 is 25.4. The summed E-state index contributed by atoms with van der Waals surface area (Å²) in [5, 5.41) is 8.82. The molecule has 0 fully saturated rings. The number of carboxylic acid groups (broad SMARTS) is 1. The van der Waals surface area contributed by atoms with Crippen molar-refractivity contribution in [3.63, 3.8) is 0 Å². The monoisotopic (exact) mass is 329 g/mol. The zero-order chi connectivity index (χ0) is 16.9. The van der Waals surface area contributed by atoms with E-state index in [1.54, 1.807) is 0 Å². The van der Waals surface area contributed by atoms with E-state index in [9.17, 15) is 18.0 Å². The standard InChI is InChI=1S/C13H19N3O5S/c1-10(13(18)19)8-15(2)12(17)9-16(3)22(20,21)11-5-4-6-14-7-11/h4-7,10H,8-9H2,1-3H3,(H,18,19). The van der Waals surface area contributed by atoms with Crippen molar-refractivity contribution in [2.24, 2.45) is 5.92 Å². The van der Waals surface area contributed by atoms with Crippen LogP contribution >= 0.6 is 0 Å². The fourth-order valence-electron chi connectivity index (χ4n) is 1.67. The van der Waals surface area contributed by atoms with Crippen LogP contribution < -0.4 is 0 Å². The van der Waals surface area contributed by atoms with Gasteiger partial charge in [0.15, 0.2) is 0 Å². The summed E-state index contributed by atoms with van der Waals surface area (Å²) >= 11 is 0. The van der Waals surface area contributed by atoms with Crippen LogP contribution in [0, 0.1) is 5.92 Å². The summed E-state index contributed by atoms with van der Waals surface area (Å²) in [4.78, 5) is 27.7. The van der Waals surface area contributed by atoms with Gasteiger partial charge in [0.25, 0.3) is 0 Å². The molecule has 1 aromatic heterocycles. The predicted molar refractivity (Wildman–Crippen MR) is 78.5 cm³/mol. The van der Waals surface area contributed by atoms with E-state index in [1.807, 2.05) is 0 Å². The van der Waals surface area contributed by atoms with Crippen molar-refractivity contribution >= 4 is 21.9 Å². The first-order valence-corrected chi connectivity index (χ1v) is 7.93. The van der Waals surface area contributed by atoms with Gasteiger partial charge in [0, 0.05) is 33.0 Å². The van der Waals surface area contributed by atoms with E-state index in [2.05, 4.69) is 4.98 Å². The molecule has 1 rings (SSSR count). The number of aromatic nitrogens is 1. The van der Waals surface area contributed by atoms with Crippen molar-refractivity contribution in [3.8, 4) is 0 Å². The lowest BCUT2D eigenvalue weighted by molar-refractivity contribution is -0.142. The average Bonchev–Trinajstić information content (AvgIpc) is 2.47. The predicted octanol–water partition coefficient (Wildman–Crippen LogP) is -0.119. The SMILES string of the molecule is CC(CN(C)C(=O)CN(C)S(=O)(=O)c1cccnc1)C(=O)O. The first kappa shape index (κ1) is 18.1. The first-order valence-electron chi connectivity index (χ1n) is 6.49. The van der Waals surface area contributed by atoms with Crippen molar-refractivity contribution in [1.82, 2.24) is 14.2 Å². The number of aliphatic carboxylic acids is 1. The summed E-state index contributed by atoms with van der Waals surface area (Å²) in [6, 6.07) is 2.88. The van der Waals surface area contributed by atoms with E-state index < -0.39 is 27.8 Å². The molecule has 8 nitrogen and oxygen atoms in total. The number of carbonyl (C=O) groups excluding carboxylic acids is 1. The van der Waals surface area contributed by atoms with E-state index in [-0.39, 0.29) is 18.0 Å². The quantitative estimate of drug-likeness (QED) is 0.747. The molecule has 0 aliphatic heterocycles. The fourth-order valence-corrected chi connectivity index (χ4v) is 2.75. The highest BCUT2D eigenvalue weighted by Crippen LogP contribution is 2.12. The van der Waals surface area contributed by atoms with Crippen LogP contribution in [0.15, 0.2) is 29.4 Å². The first-order chi connectivity index (χ1) is 10.2. The van der Waals surface area contributed by atoms with Crippen LogP contribution in [-0.4, -0.2) is 66.8 Å². The molecule has 0 saturated carbocycles. The Kier molecular flexibility index (Phi) is 6.01. The number of carboxylic acids is 1. The molecule has 0 aliphatic rings. The number of pyridine rings is 1. The van der Waals surface area contributed by atoms with E-state index in [4.69, 9.17) is 5.11 Å². The lowest BCUT2D eigenvalue weighted by atomic mass is 10.2. The number of hydrogen-bond donors (Lipinski definition) is 1. The second kappa shape index (κ2) is 7.32. The summed E-state index contributed by atoms with van der Waals surface area (Å²) in [5.74, 6) is -2.23. The van der Waals surface area contributed by atoms with Gasteiger partial charge in [-0.1, -0.05) is 6.92 Å². The summed E-state index contributed by atoms with van der Waals surface area (Å²) in [6.07, 6.45) is 2.65. The Morgan fingerprint density at radius 3 is 2.50 bits per heavy atom. The Hall–Kier alpha value is -2.00. The highest BCUT2D eigenvalue weighted by molar-refractivity contribution is 7.89. The molecular formula is C13H19N3O5S. The highest BCUT2D eigenvalue weighted by Gasteiger charge is 2.25. The van der Waals surface area contributed by atoms with E-state index in [1.165, 1.54) is 50.4 Å². The molecule has 0 spiro atoms. The molecule has 0 saturated heterocycles. The van der Waals surface area contributed by atoms with Crippen LogP contribution in [0.4, 0.5) is 0 Å². The minimum absolute atomic E-state index is 0.00754. The van der Waals surface area contributed by atoms with Gasteiger partial charge in [-0.05, 0) is 12.1 Å².